The van der Waals surface area contributed by atoms with Crippen molar-refractivity contribution in [2.45, 2.75) is 38.4 Å². The van der Waals surface area contributed by atoms with Gasteiger partial charge < -0.3 is 9.97 Å². The molecule has 3 aromatic carbocycles. The molecule has 3 heterocycles. The molecule has 7 rings (SSSR count). The molecule has 1 radical (unpaired) electrons. The van der Waals surface area contributed by atoms with Gasteiger partial charge in [-0.25, -0.2) is 0 Å². The van der Waals surface area contributed by atoms with Crippen LogP contribution in [0, 0.1) is 12.1 Å². The Hall–Kier alpha value is -2.95. The largest absolute Gasteiger partial charge is 0.305 e. The van der Waals surface area contributed by atoms with Crippen molar-refractivity contribution in [3.05, 3.63) is 115 Å². The molecule has 0 bridgehead atoms. The molecular weight excluding hydrogens is 689 g/mol. The van der Waals surface area contributed by atoms with Crippen LogP contribution in [-0.4, -0.2) is 18.0 Å². The van der Waals surface area contributed by atoms with Gasteiger partial charge in [0.25, 0.3) is 0 Å². The smallest absolute Gasteiger partial charge is 0.0776 e. The van der Waals surface area contributed by atoms with E-state index in [0.717, 1.165) is 28.4 Å². The number of fused-ring (bicyclic) bond motifs is 3. The quantitative estimate of drug-likeness (QED) is 0.135. The zero-order chi connectivity index (χ0) is 26.1. The van der Waals surface area contributed by atoms with Crippen LogP contribution in [0.25, 0.3) is 42.7 Å². The molecular formula is C34H30IrN2SSi-2. The zero-order valence-electron chi connectivity index (χ0n) is 22.4. The van der Waals surface area contributed by atoms with Crippen molar-refractivity contribution in [2.75, 3.05) is 0 Å². The first-order chi connectivity index (χ1) is 18.5. The van der Waals surface area contributed by atoms with Crippen molar-refractivity contribution in [1.82, 2.24) is 9.97 Å². The third kappa shape index (κ3) is 6.13. The van der Waals surface area contributed by atoms with E-state index >= 15 is 0 Å². The van der Waals surface area contributed by atoms with Crippen molar-refractivity contribution in [3.8, 4) is 22.5 Å². The second-order valence-electron chi connectivity index (χ2n) is 10.9. The summed E-state index contributed by atoms with van der Waals surface area (Å²) in [4.78, 5) is 8.99. The molecule has 5 heteroatoms. The van der Waals surface area contributed by atoms with Crippen LogP contribution in [0.15, 0.2) is 97.3 Å². The van der Waals surface area contributed by atoms with Gasteiger partial charge in [0.2, 0.25) is 0 Å². The van der Waals surface area contributed by atoms with Crippen molar-refractivity contribution in [2.24, 2.45) is 0 Å². The Morgan fingerprint density at radius 2 is 1.64 bits per heavy atom. The van der Waals surface area contributed by atoms with Crippen LogP contribution in [0.5, 0.6) is 0 Å². The fourth-order valence-electron chi connectivity index (χ4n) is 4.68. The van der Waals surface area contributed by atoms with E-state index in [1.807, 2.05) is 66.2 Å². The average molecular weight is 719 g/mol. The summed E-state index contributed by atoms with van der Waals surface area (Å²) < 4.78 is 2.63. The number of thiophene rings is 1. The Balaban J connectivity index is 0.000000167. The molecule has 0 amide bonds. The first kappa shape index (κ1) is 27.6. The maximum atomic E-state index is 4.51. The first-order valence-electron chi connectivity index (χ1n) is 13.2. The van der Waals surface area contributed by atoms with Gasteiger partial charge >= 0.3 is 0 Å². The molecule has 0 saturated heterocycles. The van der Waals surface area contributed by atoms with Crippen molar-refractivity contribution in [3.63, 3.8) is 0 Å². The zero-order valence-corrected chi connectivity index (χ0v) is 26.6. The van der Waals surface area contributed by atoms with Crippen LogP contribution in [0.1, 0.15) is 24.3 Å². The summed E-state index contributed by atoms with van der Waals surface area (Å²) in [6.45, 7) is 7.20. The van der Waals surface area contributed by atoms with Crippen LogP contribution >= 0.6 is 11.3 Å². The molecule has 39 heavy (non-hydrogen) atoms. The first-order valence-corrected chi connectivity index (χ1v) is 17.5. The third-order valence-electron chi connectivity index (χ3n) is 7.04. The fourth-order valence-corrected chi connectivity index (χ4v) is 7.03. The molecule has 0 spiro atoms. The van der Waals surface area contributed by atoms with Crippen LogP contribution in [0.3, 0.4) is 0 Å². The number of nitrogens with zero attached hydrogens (tertiary/aromatic N) is 2. The van der Waals surface area contributed by atoms with Crippen LogP contribution in [0.2, 0.25) is 19.6 Å². The summed E-state index contributed by atoms with van der Waals surface area (Å²) in [5.74, 6) is 0.784. The van der Waals surface area contributed by atoms with E-state index in [2.05, 4.69) is 84.2 Å². The molecule has 2 nitrogen and oxygen atoms in total. The fraction of sp³-hybridized carbons (Fsp3) is 0.176. The van der Waals surface area contributed by atoms with E-state index in [9.17, 15) is 0 Å². The second-order valence-corrected chi connectivity index (χ2v) is 17.0. The maximum absolute atomic E-state index is 4.51. The van der Waals surface area contributed by atoms with Gasteiger partial charge in [-0.05, 0) is 57.9 Å². The Morgan fingerprint density at radius 3 is 2.31 bits per heavy atom. The molecule has 197 valence electrons. The van der Waals surface area contributed by atoms with Gasteiger partial charge in [0.1, 0.15) is 0 Å². The summed E-state index contributed by atoms with van der Waals surface area (Å²) in [7, 11) is -1.30. The van der Waals surface area contributed by atoms with Gasteiger partial charge in [-0.3, -0.25) is 0 Å². The van der Waals surface area contributed by atoms with Gasteiger partial charge in [-0.1, -0.05) is 66.6 Å². The molecule has 1 aliphatic rings. The molecule has 1 fully saturated rings. The van der Waals surface area contributed by atoms with Crippen molar-refractivity contribution < 1.29 is 20.1 Å². The standard InChI is InChI=1S/C20H18NSSi.C14H12N.Ir/c1-23(2,3)14-10-11-19-17(13-14)15-7-6-8-16(20(15)22-19)18-9-4-5-12-21-18;1-2-4-12(5-3-1)14-9-8-13(10-15-14)11-6-7-11;/h4-7,9-13H,1-3H3;1-4,8-11H,6-7H2;/q2*-1;. The minimum Gasteiger partial charge on any atom is -0.305 e. The Labute approximate surface area is 249 Å². The Morgan fingerprint density at radius 1 is 0.795 bits per heavy atom. The van der Waals surface area contributed by atoms with E-state index in [1.165, 1.54) is 43.8 Å². The SMILES string of the molecule is C[Si](C)(C)c1ccc2sc3c(-c4ccccn4)[c-]ccc3c2c1.[Ir].[c-]1ccccc1-c1ccc(C2CC2)cn1. The van der Waals surface area contributed by atoms with E-state index in [1.54, 1.807) is 0 Å². The molecule has 0 aliphatic heterocycles. The van der Waals surface area contributed by atoms with E-state index in [4.69, 9.17) is 0 Å². The van der Waals surface area contributed by atoms with Crippen molar-refractivity contribution in [1.29, 1.82) is 0 Å². The molecule has 3 aromatic heterocycles. The van der Waals surface area contributed by atoms with Crippen LogP contribution < -0.4 is 5.19 Å². The topological polar surface area (TPSA) is 25.8 Å². The van der Waals surface area contributed by atoms with E-state index < -0.39 is 8.07 Å². The second kappa shape index (κ2) is 11.7. The minimum atomic E-state index is -1.30. The Bertz CT molecular complexity index is 1690. The van der Waals surface area contributed by atoms with Gasteiger partial charge in [0.15, 0.2) is 0 Å². The van der Waals surface area contributed by atoms with E-state index in [-0.39, 0.29) is 20.1 Å². The van der Waals surface area contributed by atoms with Gasteiger partial charge in [-0.2, -0.15) is 11.3 Å². The molecule has 0 atom stereocenters. The normalized spacial score (nSPS) is 13.0. The number of aromatic nitrogens is 2. The summed E-state index contributed by atoms with van der Waals surface area (Å²) in [5, 5.41) is 4.21. The number of rotatable bonds is 4. The number of hydrogen-bond donors (Lipinski definition) is 0. The number of pyridine rings is 2. The predicted octanol–water partition coefficient (Wildman–Crippen LogP) is 8.89. The number of hydrogen-bond acceptors (Lipinski definition) is 3. The summed E-state index contributed by atoms with van der Waals surface area (Å²) in [6.07, 6.45) is 6.52. The summed E-state index contributed by atoms with van der Waals surface area (Å²) in [6, 6.07) is 36.1. The molecule has 0 N–H and O–H groups in total. The average Bonchev–Trinajstić information content (AvgIpc) is 3.74. The minimum absolute atomic E-state index is 0. The van der Waals surface area contributed by atoms with E-state index in [0.29, 0.717) is 0 Å². The molecule has 1 aliphatic carbocycles. The van der Waals surface area contributed by atoms with Gasteiger partial charge in [0.05, 0.1) is 8.07 Å². The van der Waals surface area contributed by atoms with Gasteiger partial charge in [0, 0.05) is 37.2 Å². The Kier molecular flexibility index (Phi) is 8.25. The van der Waals surface area contributed by atoms with Crippen LogP contribution in [0.4, 0.5) is 0 Å². The third-order valence-corrected chi connectivity index (χ3v) is 10.3. The van der Waals surface area contributed by atoms with Crippen LogP contribution in [-0.2, 0) is 20.1 Å². The predicted molar refractivity (Wildman–Crippen MR) is 165 cm³/mol. The summed E-state index contributed by atoms with van der Waals surface area (Å²) >= 11 is 1.85. The monoisotopic (exact) mass is 719 g/mol. The molecule has 6 aromatic rings. The molecule has 0 unspecified atom stereocenters. The number of benzene rings is 3. The molecule has 1 saturated carbocycles. The summed E-state index contributed by atoms with van der Waals surface area (Å²) in [5.41, 5.74) is 5.57. The van der Waals surface area contributed by atoms with Crippen molar-refractivity contribution >= 4 is 44.8 Å². The van der Waals surface area contributed by atoms with Gasteiger partial charge in [-0.15, -0.1) is 59.7 Å². The maximum Gasteiger partial charge on any atom is 0.0776 e.